The highest BCUT2D eigenvalue weighted by atomic mass is 16.6. The first-order valence-corrected chi connectivity index (χ1v) is 14.5. The van der Waals surface area contributed by atoms with Crippen LogP contribution in [0.15, 0.2) is 0 Å². The summed E-state index contributed by atoms with van der Waals surface area (Å²) in [5, 5.41) is 0. The summed E-state index contributed by atoms with van der Waals surface area (Å²) in [5.41, 5.74) is 0. The molecule has 0 amide bonds. The Morgan fingerprint density at radius 2 is 0.829 bits per heavy atom. The van der Waals surface area contributed by atoms with Crippen molar-refractivity contribution in [1.82, 2.24) is 0 Å². The SMILES string of the molecule is CCCCCCCCCCCCCCCCCC(=O)OC[C@H](COC(=O)CCC)OC(=O)CCC. The van der Waals surface area contributed by atoms with E-state index >= 15 is 0 Å². The lowest BCUT2D eigenvalue weighted by molar-refractivity contribution is -0.166. The smallest absolute Gasteiger partial charge is 0.306 e. The molecule has 0 aliphatic rings. The van der Waals surface area contributed by atoms with Crippen molar-refractivity contribution in [3.63, 3.8) is 0 Å². The van der Waals surface area contributed by atoms with Crippen LogP contribution in [0.5, 0.6) is 0 Å². The third-order valence-electron chi connectivity index (χ3n) is 6.05. The van der Waals surface area contributed by atoms with Crippen molar-refractivity contribution in [3.05, 3.63) is 0 Å². The van der Waals surface area contributed by atoms with Crippen molar-refractivity contribution in [2.45, 2.75) is 155 Å². The predicted molar refractivity (Wildman–Crippen MR) is 141 cm³/mol. The van der Waals surface area contributed by atoms with Crippen LogP contribution in [0, 0.1) is 0 Å². The molecular formula is C29H54O6. The van der Waals surface area contributed by atoms with Crippen molar-refractivity contribution in [3.8, 4) is 0 Å². The van der Waals surface area contributed by atoms with Gasteiger partial charge in [-0.05, 0) is 19.3 Å². The van der Waals surface area contributed by atoms with E-state index in [-0.39, 0.29) is 37.5 Å². The zero-order chi connectivity index (χ0) is 26.0. The van der Waals surface area contributed by atoms with Crippen molar-refractivity contribution < 1.29 is 28.6 Å². The van der Waals surface area contributed by atoms with Crippen LogP contribution in [0.4, 0.5) is 0 Å². The highest BCUT2D eigenvalue weighted by Gasteiger charge is 2.19. The minimum atomic E-state index is -0.750. The molecule has 0 rings (SSSR count). The van der Waals surface area contributed by atoms with E-state index in [1.165, 1.54) is 77.0 Å². The van der Waals surface area contributed by atoms with Crippen LogP contribution in [0.1, 0.15) is 149 Å². The average molecular weight is 499 g/mol. The third-order valence-corrected chi connectivity index (χ3v) is 6.05. The summed E-state index contributed by atoms with van der Waals surface area (Å²) < 4.78 is 15.7. The fraction of sp³-hybridized carbons (Fsp3) is 0.897. The second kappa shape index (κ2) is 25.5. The van der Waals surface area contributed by atoms with Gasteiger partial charge in [-0.15, -0.1) is 0 Å². The Morgan fingerprint density at radius 1 is 0.457 bits per heavy atom. The van der Waals surface area contributed by atoms with Crippen molar-refractivity contribution in [2.24, 2.45) is 0 Å². The zero-order valence-corrected chi connectivity index (χ0v) is 23.1. The molecule has 0 aliphatic heterocycles. The van der Waals surface area contributed by atoms with Gasteiger partial charge >= 0.3 is 17.9 Å². The lowest BCUT2D eigenvalue weighted by atomic mass is 10.0. The number of carbonyl (C=O) groups is 3. The summed E-state index contributed by atoms with van der Waals surface area (Å²) in [7, 11) is 0. The van der Waals surface area contributed by atoms with Gasteiger partial charge in [0.2, 0.25) is 0 Å². The molecule has 0 aliphatic carbocycles. The highest BCUT2D eigenvalue weighted by Crippen LogP contribution is 2.14. The Kier molecular flexibility index (Phi) is 24.3. The number of rotatable bonds is 25. The Morgan fingerprint density at radius 3 is 1.26 bits per heavy atom. The van der Waals surface area contributed by atoms with Gasteiger partial charge in [-0.2, -0.15) is 0 Å². The van der Waals surface area contributed by atoms with Gasteiger partial charge in [0.15, 0.2) is 6.10 Å². The van der Waals surface area contributed by atoms with Gasteiger partial charge in [0.1, 0.15) is 13.2 Å². The summed E-state index contributed by atoms with van der Waals surface area (Å²) >= 11 is 0. The molecule has 0 aromatic heterocycles. The summed E-state index contributed by atoms with van der Waals surface area (Å²) in [6, 6.07) is 0. The van der Waals surface area contributed by atoms with E-state index in [1.807, 2.05) is 13.8 Å². The second-order valence-electron chi connectivity index (χ2n) is 9.68. The number of hydrogen-bond donors (Lipinski definition) is 0. The molecular weight excluding hydrogens is 444 g/mol. The van der Waals surface area contributed by atoms with Gasteiger partial charge in [-0.1, -0.05) is 111 Å². The minimum Gasteiger partial charge on any atom is -0.462 e. The summed E-state index contributed by atoms with van der Waals surface area (Å²) in [6.45, 7) is 5.88. The lowest BCUT2D eigenvalue weighted by Crippen LogP contribution is -2.30. The van der Waals surface area contributed by atoms with Gasteiger partial charge < -0.3 is 14.2 Å². The van der Waals surface area contributed by atoms with Crippen LogP contribution in [0.3, 0.4) is 0 Å². The third kappa shape index (κ3) is 23.9. The van der Waals surface area contributed by atoms with Crippen LogP contribution in [-0.2, 0) is 28.6 Å². The molecule has 35 heavy (non-hydrogen) atoms. The molecule has 0 bridgehead atoms. The maximum atomic E-state index is 12.1. The Bertz CT molecular complexity index is 519. The molecule has 206 valence electrons. The lowest BCUT2D eigenvalue weighted by Gasteiger charge is -2.18. The monoisotopic (exact) mass is 498 g/mol. The van der Waals surface area contributed by atoms with Crippen molar-refractivity contribution in [1.29, 1.82) is 0 Å². The fourth-order valence-corrected chi connectivity index (χ4v) is 3.93. The van der Waals surface area contributed by atoms with Crippen LogP contribution in [0.2, 0.25) is 0 Å². The van der Waals surface area contributed by atoms with Gasteiger partial charge in [-0.3, -0.25) is 14.4 Å². The largest absolute Gasteiger partial charge is 0.462 e. The first-order chi connectivity index (χ1) is 17.0. The molecule has 0 heterocycles. The summed E-state index contributed by atoms with van der Waals surface area (Å²) in [4.78, 5) is 35.5. The molecule has 0 aromatic carbocycles. The Labute approximate surface area is 215 Å². The number of esters is 3. The Balaban J connectivity index is 3.75. The van der Waals surface area contributed by atoms with E-state index in [0.717, 1.165) is 19.3 Å². The van der Waals surface area contributed by atoms with E-state index in [4.69, 9.17) is 14.2 Å². The van der Waals surface area contributed by atoms with Crippen LogP contribution >= 0.6 is 0 Å². The first kappa shape index (κ1) is 33.4. The normalized spacial score (nSPS) is 11.7. The molecule has 0 spiro atoms. The van der Waals surface area contributed by atoms with Crippen molar-refractivity contribution in [2.75, 3.05) is 13.2 Å². The average Bonchev–Trinajstić information content (AvgIpc) is 2.83. The van der Waals surface area contributed by atoms with Crippen molar-refractivity contribution >= 4 is 17.9 Å². The fourth-order valence-electron chi connectivity index (χ4n) is 3.93. The molecule has 1 atom stereocenters. The maximum Gasteiger partial charge on any atom is 0.306 e. The summed E-state index contributed by atoms with van der Waals surface area (Å²) in [6.07, 6.45) is 20.8. The quantitative estimate of drug-likeness (QED) is 0.0724. The number of carbonyl (C=O) groups excluding carboxylic acids is 3. The molecule has 0 saturated heterocycles. The van der Waals surface area contributed by atoms with Gasteiger partial charge in [-0.25, -0.2) is 0 Å². The Hall–Kier alpha value is -1.59. The topological polar surface area (TPSA) is 78.9 Å². The van der Waals surface area contributed by atoms with Gasteiger partial charge in [0.05, 0.1) is 0 Å². The standard InChI is InChI=1S/C29H54O6/c1-4-7-8-9-10-11-12-13-14-15-16-17-18-19-20-23-28(31)34-25-26(35-29(32)22-6-3)24-33-27(30)21-5-2/h26H,4-25H2,1-3H3/t26-/m0/s1. The highest BCUT2D eigenvalue weighted by molar-refractivity contribution is 5.71. The first-order valence-electron chi connectivity index (χ1n) is 14.5. The summed E-state index contributed by atoms with van der Waals surface area (Å²) in [5.74, 6) is -1.01. The molecule has 6 heteroatoms. The molecule has 0 N–H and O–H groups in total. The van der Waals surface area contributed by atoms with E-state index in [1.54, 1.807) is 0 Å². The second-order valence-corrected chi connectivity index (χ2v) is 9.68. The van der Waals surface area contributed by atoms with Crippen LogP contribution in [0.25, 0.3) is 0 Å². The number of hydrogen-bond acceptors (Lipinski definition) is 6. The zero-order valence-electron chi connectivity index (χ0n) is 23.1. The molecule has 6 nitrogen and oxygen atoms in total. The van der Waals surface area contributed by atoms with E-state index < -0.39 is 6.10 Å². The minimum absolute atomic E-state index is 0.0770. The molecule has 0 unspecified atom stereocenters. The predicted octanol–water partition coefficient (Wildman–Crippen LogP) is 7.85. The van der Waals surface area contributed by atoms with E-state index in [0.29, 0.717) is 25.7 Å². The van der Waals surface area contributed by atoms with Crippen LogP contribution < -0.4 is 0 Å². The van der Waals surface area contributed by atoms with Gasteiger partial charge in [0.25, 0.3) is 0 Å². The number of ether oxygens (including phenoxy) is 3. The molecule has 0 saturated carbocycles. The number of unbranched alkanes of at least 4 members (excludes halogenated alkanes) is 14. The molecule has 0 radical (unpaired) electrons. The van der Waals surface area contributed by atoms with Gasteiger partial charge in [0, 0.05) is 19.3 Å². The van der Waals surface area contributed by atoms with E-state index in [2.05, 4.69) is 6.92 Å². The van der Waals surface area contributed by atoms with E-state index in [9.17, 15) is 14.4 Å². The molecule has 0 fully saturated rings. The maximum absolute atomic E-state index is 12.1. The molecule has 0 aromatic rings. The van der Waals surface area contributed by atoms with Crippen LogP contribution in [-0.4, -0.2) is 37.2 Å².